The van der Waals surface area contributed by atoms with Gasteiger partial charge in [-0.2, -0.15) is 0 Å². The summed E-state index contributed by atoms with van der Waals surface area (Å²) in [6, 6.07) is 0. The van der Waals surface area contributed by atoms with E-state index in [0.717, 1.165) is 6.42 Å². The highest BCUT2D eigenvalue weighted by molar-refractivity contribution is 5.36. The van der Waals surface area contributed by atoms with Crippen molar-refractivity contribution in [2.24, 2.45) is 0 Å². The third-order valence-electron chi connectivity index (χ3n) is 1.23. The first-order valence-electron chi connectivity index (χ1n) is 3.56. The average Bonchev–Trinajstić information content (AvgIpc) is 2.48. The lowest BCUT2D eigenvalue weighted by molar-refractivity contribution is -0.390. The predicted molar refractivity (Wildman–Crippen MR) is 41.0 cm³/mol. The molecule has 12 heavy (non-hydrogen) atoms. The summed E-state index contributed by atoms with van der Waals surface area (Å²) in [5, 5.41) is 16.0. The Labute approximate surface area is 68.7 Å². The topological polar surface area (TPSA) is 81.0 Å². The van der Waals surface area contributed by atoms with Crippen LogP contribution in [0.3, 0.4) is 0 Å². The van der Waals surface area contributed by atoms with Crippen LogP contribution in [-0.4, -0.2) is 21.7 Å². The first-order chi connectivity index (χ1) is 5.75. The average molecular weight is 171 g/mol. The lowest BCUT2D eigenvalue weighted by atomic mass is 10.5. The normalized spacial score (nSPS) is 9.75. The Hall–Kier alpha value is -1.59. The van der Waals surface area contributed by atoms with Crippen LogP contribution in [0.4, 0.5) is 5.82 Å². The highest BCUT2D eigenvalue weighted by atomic mass is 16.6. The van der Waals surface area contributed by atoms with E-state index >= 15 is 0 Å². The molecule has 0 aliphatic rings. The van der Waals surface area contributed by atoms with E-state index in [4.69, 9.17) is 4.74 Å². The van der Waals surface area contributed by atoms with Gasteiger partial charge in [-0.05, 0) is 11.3 Å². The Balaban J connectivity index is 2.70. The number of aromatic amines is 1. The number of nitro groups is 1. The molecule has 0 saturated carbocycles. The van der Waals surface area contributed by atoms with Crippen LogP contribution in [0.2, 0.25) is 0 Å². The van der Waals surface area contributed by atoms with Gasteiger partial charge in [-0.25, -0.2) is 0 Å². The van der Waals surface area contributed by atoms with Crippen LogP contribution < -0.4 is 4.74 Å². The van der Waals surface area contributed by atoms with Gasteiger partial charge in [-0.15, -0.1) is 5.10 Å². The summed E-state index contributed by atoms with van der Waals surface area (Å²) in [6.07, 6.45) is 2.11. The van der Waals surface area contributed by atoms with E-state index in [9.17, 15) is 10.1 Å². The zero-order chi connectivity index (χ0) is 8.97. The van der Waals surface area contributed by atoms with Gasteiger partial charge in [0.25, 0.3) is 0 Å². The predicted octanol–water partition coefficient (Wildman–Crippen LogP) is 1.11. The largest absolute Gasteiger partial charge is 0.485 e. The second-order valence-corrected chi connectivity index (χ2v) is 2.19. The van der Waals surface area contributed by atoms with Crippen molar-refractivity contribution >= 4 is 5.82 Å². The van der Waals surface area contributed by atoms with Gasteiger partial charge in [-0.1, -0.05) is 12.0 Å². The molecule has 6 nitrogen and oxygen atoms in total. The van der Waals surface area contributed by atoms with Gasteiger partial charge in [0.05, 0.1) is 6.61 Å². The zero-order valence-corrected chi connectivity index (χ0v) is 6.61. The molecular weight excluding hydrogens is 162 g/mol. The fourth-order valence-electron chi connectivity index (χ4n) is 0.717. The van der Waals surface area contributed by atoms with Crippen molar-refractivity contribution in [2.45, 2.75) is 13.3 Å². The molecule has 1 aromatic heterocycles. The minimum Gasteiger partial charge on any atom is -0.485 e. The van der Waals surface area contributed by atoms with E-state index in [2.05, 4.69) is 10.2 Å². The smallest absolute Gasteiger partial charge is 0.385 e. The second kappa shape index (κ2) is 3.70. The Morgan fingerprint density at radius 1 is 1.83 bits per heavy atom. The lowest BCUT2D eigenvalue weighted by Crippen LogP contribution is -1.97. The molecule has 0 unspecified atom stereocenters. The van der Waals surface area contributed by atoms with Gasteiger partial charge in [0.1, 0.15) is 6.20 Å². The van der Waals surface area contributed by atoms with Gasteiger partial charge < -0.3 is 14.9 Å². The van der Waals surface area contributed by atoms with Crippen LogP contribution in [0.1, 0.15) is 13.3 Å². The van der Waals surface area contributed by atoms with Crippen molar-refractivity contribution in [1.82, 2.24) is 10.2 Å². The maximum absolute atomic E-state index is 10.3. The van der Waals surface area contributed by atoms with Crippen molar-refractivity contribution in [2.75, 3.05) is 6.61 Å². The minimum absolute atomic E-state index is 0.191. The number of nitrogens with zero attached hydrogens (tertiary/aromatic N) is 2. The molecule has 0 amide bonds. The van der Waals surface area contributed by atoms with Gasteiger partial charge in [-0.3, -0.25) is 0 Å². The van der Waals surface area contributed by atoms with Crippen LogP contribution in [-0.2, 0) is 0 Å². The van der Waals surface area contributed by atoms with Crippen LogP contribution in [0, 0.1) is 10.1 Å². The standard InChI is InChI=1S/C6H9N3O3/c1-2-3-12-5-4-7-8-6(5)9(10)11/h4H,2-3H2,1H3,(H,7,8). The van der Waals surface area contributed by atoms with Gasteiger partial charge in [0.2, 0.25) is 5.75 Å². The number of hydrogen-bond acceptors (Lipinski definition) is 4. The van der Waals surface area contributed by atoms with E-state index < -0.39 is 4.92 Å². The molecule has 0 spiro atoms. The molecule has 1 aromatic rings. The molecule has 0 saturated heterocycles. The SMILES string of the molecule is CCCOc1cn[nH]c1[N+](=O)[O-]. The fraction of sp³-hybridized carbons (Fsp3) is 0.500. The quantitative estimate of drug-likeness (QED) is 0.543. The Morgan fingerprint density at radius 2 is 2.58 bits per heavy atom. The third kappa shape index (κ3) is 1.71. The van der Waals surface area contributed by atoms with Gasteiger partial charge in [0, 0.05) is 0 Å². The number of ether oxygens (including phenoxy) is 1. The minimum atomic E-state index is -0.558. The maximum Gasteiger partial charge on any atom is 0.385 e. The van der Waals surface area contributed by atoms with E-state index in [1.54, 1.807) is 0 Å². The molecule has 0 aliphatic heterocycles. The maximum atomic E-state index is 10.3. The Morgan fingerprint density at radius 3 is 3.17 bits per heavy atom. The summed E-state index contributed by atoms with van der Waals surface area (Å²) in [7, 11) is 0. The molecular formula is C6H9N3O3. The first kappa shape index (κ1) is 8.51. The van der Waals surface area contributed by atoms with Crippen LogP contribution >= 0.6 is 0 Å². The van der Waals surface area contributed by atoms with Gasteiger partial charge in [0.15, 0.2) is 0 Å². The highest BCUT2D eigenvalue weighted by Crippen LogP contribution is 2.22. The molecule has 0 bridgehead atoms. The van der Waals surface area contributed by atoms with Gasteiger partial charge >= 0.3 is 5.82 Å². The monoisotopic (exact) mass is 171 g/mol. The number of hydrogen-bond donors (Lipinski definition) is 1. The summed E-state index contributed by atoms with van der Waals surface area (Å²) >= 11 is 0. The van der Waals surface area contributed by atoms with Crippen LogP contribution in [0.15, 0.2) is 6.20 Å². The molecule has 0 radical (unpaired) electrons. The van der Waals surface area contributed by atoms with E-state index in [0.29, 0.717) is 6.61 Å². The van der Waals surface area contributed by atoms with E-state index in [1.807, 2.05) is 6.92 Å². The lowest BCUT2D eigenvalue weighted by Gasteiger charge is -1.99. The molecule has 0 fully saturated rings. The highest BCUT2D eigenvalue weighted by Gasteiger charge is 2.15. The zero-order valence-electron chi connectivity index (χ0n) is 6.61. The number of aromatic nitrogens is 2. The summed E-state index contributed by atoms with van der Waals surface area (Å²) in [5.74, 6) is 0.00491. The Bertz CT molecular complexity index is 271. The molecule has 1 rings (SSSR count). The first-order valence-corrected chi connectivity index (χ1v) is 3.56. The summed E-state index contributed by atoms with van der Waals surface area (Å²) in [6.45, 7) is 2.38. The van der Waals surface area contributed by atoms with E-state index in [-0.39, 0.29) is 11.6 Å². The van der Waals surface area contributed by atoms with Crippen molar-refractivity contribution in [1.29, 1.82) is 0 Å². The second-order valence-electron chi connectivity index (χ2n) is 2.19. The molecule has 1 heterocycles. The fourth-order valence-corrected chi connectivity index (χ4v) is 0.717. The van der Waals surface area contributed by atoms with Crippen molar-refractivity contribution in [3.63, 3.8) is 0 Å². The molecule has 0 atom stereocenters. The Kier molecular flexibility index (Phi) is 2.62. The molecule has 0 aliphatic carbocycles. The number of nitrogens with one attached hydrogen (secondary N) is 1. The number of rotatable bonds is 4. The van der Waals surface area contributed by atoms with E-state index in [1.165, 1.54) is 6.20 Å². The number of H-pyrrole nitrogens is 1. The summed E-state index contributed by atoms with van der Waals surface area (Å²) < 4.78 is 5.05. The van der Waals surface area contributed by atoms with Crippen LogP contribution in [0.25, 0.3) is 0 Å². The van der Waals surface area contributed by atoms with Crippen molar-refractivity contribution < 1.29 is 9.66 Å². The molecule has 1 N–H and O–H groups in total. The summed E-state index contributed by atoms with van der Waals surface area (Å²) in [5.41, 5.74) is 0. The van der Waals surface area contributed by atoms with Crippen LogP contribution in [0.5, 0.6) is 5.75 Å². The summed E-state index contributed by atoms with van der Waals surface area (Å²) in [4.78, 5) is 9.74. The molecule has 66 valence electrons. The molecule has 6 heteroatoms. The van der Waals surface area contributed by atoms with Crippen molar-refractivity contribution in [3.8, 4) is 5.75 Å². The van der Waals surface area contributed by atoms with Crippen molar-refractivity contribution in [3.05, 3.63) is 16.3 Å². The third-order valence-corrected chi connectivity index (χ3v) is 1.23. The molecule has 0 aromatic carbocycles.